The third-order valence-corrected chi connectivity index (χ3v) is 4.49. The van der Waals surface area contributed by atoms with Crippen molar-refractivity contribution in [1.82, 2.24) is 14.5 Å². The predicted molar refractivity (Wildman–Crippen MR) is 71.1 cm³/mol. The Hall–Kier alpha value is -1.20. The summed E-state index contributed by atoms with van der Waals surface area (Å²) in [5.74, 6) is 0.785. The van der Waals surface area contributed by atoms with Crippen LogP contribution in [0.2, 0.25) is 0 Å². The Kier molecular flexibility index (Phi) is 3.41. The van der Waals surface area contributed by atoms with Crippen LogP contribution in [0.25, 0.3) is 0 Å². The molecule has 0 radical (unpaired) electrons. The average molecular weight is 263 g/mol. The molecule has 1 aromatic rings. The molecule has 5 nitrogen and oxygen atoms in total. The number of aryl methyl sites for hydroxylation is 1. The fourth-order valence-corrected chi connectivity index (χ4v) is 3.43. The zero-order valence-corrected chi connectivity index (χ0v) is 11.5. The van der Waals surface area contributed by atoms with Gasteiger partial charge in [0.15, 0.2) is 5.82 Å². The summed E-state index contributed by atoms with van der Waals surface area (Å²) in [4.78, 5) is 19.6. The van der Waals surface area contributed by atoms with Gasteiger partial charge in [-0.2, -0.15) is 0 Å². The summed E-state index contributed by atoms with van der Waals surface area (Å²) >= 11 is 0. The van der Waals surface area contributed by atoms with E-state index in [9.17, 15) is 4.79 Å². The standard InChI is InChI=1S/C14H21N3O2/c1-16-7-6-15-13(16)12(18)14(4-2-3-5-14)17-8-10-19-11-9-17/h6-7H,2-5,8-11H2,1H3. The number of nitrogens with zero attached hydrogens (tertiary/aromatic N) is 3. The summed E-state index contributed by atoms with van der Waals surface area (Å²) in [7, 11) is 1.89. The zero-order chi connectivity index (χ0) is 13.3. The molecule has 0 spiro atoms. The van der Waals surface area contributed by atoms with E-state index in [4.69, 9.17) is 4.74 Å². The molecule has 0 bridgehead atoms. The number of ketones is 1. The SMILES string of the molecule is Cn1ccnc1C(=O)C1(N2CCOCC2)CCCC1. The molecule has 0 unspecified atom stereocenters. The lowest BCUT2D eigenvalue weighted by Crippen LogP contribution is -2.57. The van der Waals surface area contributed by atoms with Crippen molar-refractivity contribution in [2.75, 3.05) is 26.3 Å². The van der Waals surface area contributed by atoms with Gasteiger partial charge in [-0.1, -0.05) is 12.8 Å². The van der Waals surface area contributed by atoms with Gasteiger partial charge in [-0.3, -0.25) is 9.69 Å². The summed E-state index contributed by atoms with van der Waals surface area (Å²) in [6.07, 6.45) is 7.73. The van der Waals surface area contributed by atoms with E-state index in [1.807, 2.05) is 17.8 Å². The molecule has 1 saturated heterocycles. The number of carbonyl (C=O) groups is 1. The van der Waals surface area contributed by atoms with Gasteiger partial charge in [-0.15, -0.1) is 0 Å². The Labute approximate surface area is 113 Å². The highest BCUT2D eigenvalue weighted by Gasteiger charge is 2.47. The van der Waals surface area contributed by atoms with E-state index < -0.39 is 0 Å². The van der Waals surface area contributed by atoms with Crippen LogP contribution < -0.4 is 0 Å². The average Bonchev–Trinajstić information content (AvgIpc) is 3.08. The Bertz CT molecular complexity index is 457. The van der Waals surface area contributed by atoms with Gasteiger partial charge in [0.2, 0.25) is 5.78 Å². The van der Waals surface area contributed by atoms with Crippen LogP contribution in [0, 0.1) is 0 Å². The molecular formula is C14H21N3O2. The van der Waals surface area contributed by atoms with Crippen LogP contribution in [0.4, 0.5) is 0 Å². The van der Waals surface area contributed by atoms with E-state index in [2.05, 4.69) is 9.88 Å². The minimum Gasteiger partial charge on any atom is -0.379 e. The second-order valence-electron chi connectivity index (χ2n) is 5.53. The maximum absolute atomic E-state index is 13.0. The van der Waals surface area contributed by atoms with Gasteiger partial charge in [-0.05, 0) is 12.8 Å². The first-order valence-corrected chi connectivity index (χ1v) is 7.09. The second kappa shape index (κ2) is 5.06. The fourth-order valence-electron chi connectivity index (χ4n) is 3.43. The van der Waals surface area contributed by atoms with E-state index in [1.54, 1.807) is 6.20 Å². The van der Waals surface area contributed by atoms with Crippen molar-refractivity contribution in [3.63, 3.8) is 0 Å². The summed E-state index contributed by atoms with van der Waals surface area (Å²) < 4.78 is 7.26. The molecule has 19 heavy (non-hydrogen) atoms. The number of rotatable bonds is 3. The van der Waals surface area contributed by atoms with E-state index in [0.717, 1.165) is 52.0 Å². The van der Waals surface area contributed by atoms with Gasteiger partial charge in [0, 0.05) is 32.5 Å². The third-order valence-electron chi connectivity index (χ3n) is 4.49. The summed E-state index contributed by atoms with van der Waals surface area (Å²) in [6, 6.07) is 0. The van der Waals surface area contributed by atoms with Crippen LogP contribution in [0.1, 0.15) is 36.3 Å². The molecule has 3 rings (SSSR count). The van der Waals surface area contributed by atoms with E-state index >= 15 is 0 Å². The summed E-state index contributed by atoms with van der Waals surface area (Å²) in [5.41, 5.74) is -0.330. The van der Waals surface area contributed by atoms with Gasteiger partial charge in [0.05, 0.1) is 18.8 Å². The number of morpholine rings is 1. The fraction of sp³-hybridized carbons (Fsp3) is 0.714. The Balaban J connectivity index is 1.91. The third kappa shape index (κ3) is 2.11. The van der Waals surface area contributed by atoms with E-state index in [0.29, 0.717) is 5.82 Å². The number of hydrogen-bond donors (Lipinski definition) is 0. The van der Waals surface area contributed by atoms with Gasteiger partial charge in [0.25, 0.3) is 0 Å². The quantitative estimate of drug-likeness (QED) is 0.770. The lowest BCUT2D eigenvalue weighted by molar-refractivity contribution is -0.0135. The molecule has 0 N–H and O–H groups in total. The molecule has 0 amide bonds. The van der Waals surface area contributed by atoms with Crippen molar-refractivity contribution in [3.05, 3.63) is 18.2 Å². The predicted octanol–water partition coefficient (Wildman–Crippen LogP) is 1.25. The Morgan fingerprint density at radius 3 is 2.58 bits per heavy atom. The molecule has 2 fully saturated rings. The Morgan fingerprint density at radius 2 is 2.00 bits per heavy atom. The van der Waals surface area contributed by atoms with Gasteiger partial charge in [0.1, 0.15) is 0 Å². The van der Waals surface area contributed by atoms with Crippen molar-refractivity contribution >= 4 is 5.78 Å². The van der Waals surface area contributed by atoms with Gasteiger partial charge < -0.3 is 9.30 Å². The van der Waals surface area contributed by atoms with Gasteiger partial charge >= 0.3 is 0 Å². The minimum absolute atomic E-state index is 0.194. The first kappa shape index (κ1) is 12.8. The molecule has 1 aliphatic carbocycles. The van der Waals surface area contributed by atoms with Crippen LogP contribution >= 0.6 is 0 Å². The van der Waals surface area contributed by atoms with E-state index in [1.165, 1.54) is 0 Å². The lowest BCUT2D eigenvalue weighted by atomic mass is 9.88. The number of aromatic nitrogens is 2. The number of carbonyl (C=O) groups excluding carboxylic acids is 1. The molecule has 0 aromatic carbocycles. The molecular weight excluding hydrogens is 242 g/mol. The number of imidazole rings is 1. The molecule has 2 aliphatic rings. The molecule has 1 aliphatic heterocycles. The topological polar surface area (TPSA) is 47.4 Å². The van der Waals surface area contributed by atoms with Crippen molar-refractivity contribution in [3.8, 4) is 0 Å². The minimum atomic E-state index is -0.330. The molecule has 104 valence electrons. The van der Waals surface area contributed by atoms with Crippen LogP contribution in [-0.2, 0) is 11.8 Å². The summed E-state index contributed by atoms with van der Waals surface area (Å²) in [6.45, 7) is 3.18. The highest BCUT2D eigenvalue weighted by Crippen LogP contribution is 2.38. The zero-order valence-electron chi connectivity index (χ0n) is 11.5. The molecule has 1 aromatic heterocycles. The molecule has 5 heteroatoms. The smallest absolute Gasteiger partial charge is 0.218 e. The monoisotopic (exact) mass is 263 g/mol. The molecule has 2 heterocycles. The lowest BCUT2D eigenvalue weighted by Gasteiger charge is -2.41. The van der Waals surface area contributed by atoms with Crippen LogP contribution in [-0.4, -0.2) is 52.1 Å². The maximum Gasteiger partial charge on any atom is 0.218 e. The Morgan fingerprint density at radius 1 is 1.32 bits per heavy atom. The van der Waals surface area contributed by atoms with Crippen LogP contribution in [0.15, 0.2) is 12.4 Å². The molecule has 1 saturated carbocycles. The highest BCUT2D eigenvalue weighted by molar-refractivity contribution is 6.00. The van der Waals surface area contributed by atoms with Crippen LogP contribution in [0.3, 0.4) is 0 Å². The summed E-state index contributed by atoms with van der Waals surface area (Å²) in [5, 5.41) is 0. The van der Waals surface area contributed by atoms with Crippen molar-refractivity contribution in [2.24, 2.45) is 7.05 Å². The highest BCUT2D eigenvalue weighted by atomic mass is 16.5. The number of Topliss-reactive ketones (excluding diaryl/α,β-unsaturated/α-hetero) is 1. The number of ether oxygens (including phenoxy) is 1. The molecule has 0 atom stereocenters. The number of hydrogen-bond acceptors (Lipinski definition) is 4. The second-order valence-corrected chi connectivity index (χ2v) is 5.53. The first-order chi connectivity index (χ1) is 9.24. The normalized spacial score (nSPS) is 23.6. The van der Waals surface area contributed by atoms with Gasteiger partial charge in [-0.25, -0.2) is 4.98 Å². The largest absolute Gasteiger partial charge is 0.379 e. The van der Waals surface area contributed by atoms with Crippen molar-refractivity contribution in [1.29, 1.82) is 0 Å². The first-order valence-electron chi connectivity index (χ1n) is 7.09. The maximum atomic E-state index is 13.0. The van der Waals surface area contributed by atoms with E-state index in [-0.39, 0.29) is 11.3 Å². The van der Waals surface area contributed by atoms with Crippen LogP contribution in [0.5, 0.6) is 0 Å². The van der Waals surface area contributed by atoms with Crippen molar-refractivity contribution < 1.29 is 9.53 Å². The van der Waals surface area contributed by atoms with Crippen molar-refractivity contribution in [2.45, 2.75) is 31.2 Å².